The lowest BCUT2D eigenvalue weighted by Gasteiger charge is -2.19. The maximum absolute atomic E-state index is 12.7. The summed E-state index contributed by atoms with van der Waals surface area (Å²) in [5, 5.41) is 9.19. The lowest BCUT2D eigenvalue weighted by Crippen LogP contribution is -2.29. The minimum Gasteiger partial charge on any atom is -0.334 e. The highest BCUT2D eigenvalue weighted by atomic mass is 35.5. The van der Waals surface area contributed by atoms with Crippen molar-refractivity contribution in [2.45, 2.75) is 17.9 Å². The number of halogens is 1. The Bertz CT molecular complexity index is 1270. The van der Waals surface area contributed by atoms with Gasteiger partial charge in [0.2, 0.25) is 5.91 Å². The van der Waals surface area contributed by atoms with E-state index in [-0.39, 0.29) is 17.2 Å². The average molecular weight is 481 g/mol. The van der Waals surface area contributed by atoms with Crippen molar-refractivity contribution in [1.82, 2.24) is 9.88 Å². The number of benzene rings is 2. The molecule has 1 N–H and O–H groups in total. The molecule has 0 unspecified atom stereocenters. The smallest absolute Gasteiger partial charge is 0.261 e. The molecule has 0 bridgehead atoms. The van der Waals surface area contributed by atoms with Crippen molar-refractivity contribution in [2.75, 3.05) is 11.3 Å². The van der Waals surface area contributed by atoms with Gasteiger partial charge in [0.25, 0.3) is 10.0 Å². The van der Waals surface area contributed by atoms with E-state index >= 15 is 0 Å². The molecular formula is C24H21ClN4O3S. The highest BCUT2D eigenvalue weighted by Crippen LogP contribution is 2.24. The third kappa shape index (κ3) is 6.91. The number of carbonyl (C=O) groups is 1. The molecule has 168 valence electrons. The molecule has 0 radical (unpaired) electrons. The third-order valence-corrected chi connectivity index (χ3v) is 6.34. The molecule has 0 saturated heterocycles. The van der Waals surface area contributed by atoms with Crippen LogP contribution in [0.1, 0.15) is 17.5 Å². The summed E-state index contributed by atoms with van der Waals surface area (Å²) in [7, 11) is -3.81. The van der Waals surface area contributed by atoms with Gasteiger partial charge in [-0.2, -0.15) is 5.26 Å². The van der Waals surface area contributed by atoms with Crippen LogP contribution in [0.5, 0.6) is 0 Å². The summed E-state index contributed by atoms with van der Waals surface area (Å²) in [6.07, 6.45) is 6.54. The van der Waals surface area contributed by atoms with Gasteiger partial charge in [0.05, 0.1) is 28.1 Å². The zero-order valence-corrected chi connectivity index (χ0v) is 19.1. The quantitative estimate of drug-likeness (QED) is 0.454. The summed E-state index contributed by atoms with van der Waals surface area (Å²) >= 11 is 6.03. The summed E-state index contributed by atoms with van der Waals surface area (Å²) in [6.45, 7) is 0.628. The van der Waals surface area contributed by atoms with E-state index in [1.54, 1.807) is 65.8 Å². The van der Waals surface area contributed by atoms with Crippen LogP contribution in [-0.2, 0) is 21.4 Å². The molecule has 0 fully saturated rings. The van der Waals surface area contributed by atoms with Gasteiger partial charge < -0.3 is 4.90 Å². The molecule has 0 aliphatic heterocycles. The number of pyridine rings is 1. The number of rotatable bonds is 9. The van der Waals surface area contributed by atoms with E-state index < -0.39 is 10.0 Å². The number of nitriles is 1. The number of carbonyl (C=O) groups excluding carboxylic acids is 1. The Morgan fingerprint density at radius 1 is 1.12 bits per heavy atom. The van der Waals surface area contributed by atoms with Crippen molar-refractivity contribution in [3.63, 3.8) is 0 Å². The van der Waals surface area contributed by atoms with Crippen LogP contribution >= 0.6 is 11.6 Å². The minimum absolute atomic E-state index is 0.0677. The zero-order chi connectivity index (χ0) is 23.7. The van der Waals surface area contributed by atoms with E-state index in [0.717, 1.165) is 5.56 Å². The number of nitrogens with one attached hydrogen (secondary N) is 1. The second-order valence-corrected chi connectivity index (χ2v) is 9.11. The van der Waals surface area contributed by atoms with Gasteiger partial charge in [-0.05, 0) is 47.5 Å². The van der Waals surface area contributed by atoms with E-state index in [4.69, 9.17) is 16.9 Å². The van der Waals surface area contributed by atoms with Crippen molar-refractivity contribution in [1.29, 1.82) is 5.26 Å². The number of hydrogen-bond donors (Lipinski definition) is 1. The van der Waals surface area contributed by atoms with E-state index in [2.05, 4.69) is 9.71 Å². The molecule has 33 heavy (non-hydrogen) atoms. The minimum atomic E-state index is -3.81. The molecule has 1 aromatic heterocycles. The van der Waals surface area contributed by atoms with Crippen molar-refractivity contribution < 1.29 is 13.2 Å². The fourth-order valence-electron chi connectivity index (χ4n) is 2.94. The van der Waals surface area contributed by atoms with Crippen LogP contribution in [0.15, 0.2) is 84.0 Å². The summed E-state index contributed by atoms with van der Waals surface area (Å²) in [4.78, 5) is 18.4. The van der Waals surface area contributed by atoms with Gasteiger partial charge in [-0.15, -0.1) is 0 Å². The number of anilines is 1. The molecule has 0 atom stereocenters. The number of para-hydroxylation sites is 1. The monoisotopic (exact) mass is 480 g/mol. The standard InChI is InChI=1S/C24H21ClN4O3S/c25-22-6-1-2-7-23(22)28-33(31,32)21-11-8-19(9-12-21)10-13-24(30)29(16-4-14-26)18-20-5-3-15-27-17-20/h1-3,5-13,15,17,28H,4,16,18H2. The Morgan fingerprint density at radius 3 is 2.55 bits per heavy atom. The molecule has 0 saturated carbocycles. The summed E-state index contributed by atoms with van der Waals surface area (Å²) in [5.41, 5.74) is 1.80. The van der Waals surface area contributed by atoms with Gasteiger partial charge in [0, 0.05) is 31.6 Å². The van der Waals surface area contributed by atoms with Crippen molar-refractivity contribution >= 4 is 39.3 Å². The number of amides is 1. The summed E-state index contributed by atoms with van der Waals surface area (Å²) in [6, 6.07) is 18.4. The van der Waals surface area contributed by atoms with Gasteiger partial charge in [0.1, 0.15) is 0 Å². The number of nitrogens with zero attached hydrogens (tertiary/aromatic N) is 3. The highest BCUT2D eigenvalue weighted by molar-refractivity contribution is 7.92. The first-order valence-corrected chi connectivity index (χ1v) is 11.9. The molecule has 1 heterocycles. The van der Waals surface area contributed by atoms with Crippen LogP contribution in [0.2, 0.25) is 5.02 Å². The van der Waals surface area contributed by atoms with Gasteiger partial charge in [-0.25, -0.2) is 8.42 Å². The summed E-state index contributed by atoms with van der Waals surface area (Å²) in [5.74, 6) is -0.258. The Labute approximate surface area is 198 Å². The Balaban J connectivity index is 1.69. The van der Waals surface area contributed by atoms with Gasteiger partial charge in [-0.3, -0.25) is 14.5 Å². The zero-order valence-electron chi connectivity index (χ0n) is 17.6. The first-order chi connectivity index (χ1) is 15.9. The van der Waals surface area contributed by atoms with Crippen LogP contribution in [0.25, 0.3) is 6.08 Å². The van der Waals surface area contributed by atoms with E-state index in [0.29, 0.717) is 29.4 Å². The van der Waals surface area contributed by atoms with E-state index in [1.165, 1.54) is 18.2 Å². The molecule has 0 aliphatic carbocycles. The maximum atomic E-state index is 12.7. The molecule has 3 aromatic rings. The first kappa shape index (κ1) is 24.0. The van der Waals surface area contributed by atoms with Crippen LogP contribution < -0.4 is 4.72 Å². The maximum Gasteiger partial charge on any atom is 0.261 e. The molecular weight excluding hydrogens is 460 g/mol. The van der Waals surface area contributed by atoms with Crippen molar-refractivity contribution in [3.8, 4) is 6.07 Å². The number of hydrogen-bond acceptors (Lipinski definition) is 5. The molecule has 0 aliphatic rings. The Hall–Kier alpha value is -3.67. The lowest BCUT2D eigenvalue weighted by atomic mass is 10.2. The third-order valence-electron chi connectivity index (χ3n) is 4.63. The molecule has 0 spiro atoms. The highest BCUT2D eigenvalue weighted by Gasteiger charge is 2.15. The molecule has 3 rings (SSSR count). The molecule has 7 nitrogen and oxygen atoms in total. The second kappa shape index (κ2) is 11.3. The molecule has 9 heteroatoms. The second-order valence-electron chi connectivity index (χ2n) is 7.02. The topological polar surface area (TPSA) is 103 Å². The van der Waals surface area contributed by atoms with Crippen molar-refractivity contribution in [3.05, 3.63) is 95.3 Å². The lowest BCUT2D eigenvalue weighted by molar-refractivity contribution is -0.126. The largest absolute Gasteiger partial charge is 0.334 e. The average Bonchev–Trinajstić information content (AvgIpc) is 2.82. The van der Waals surface area contributed by atoms with Crippen LogP contribution in [0.3, 0.4) is 0 Å². The van der Waals surface area contributed by atoms with Gasteiger partial charge >= 0.3 is 0 Å². The fourth-order valence-corrected chi connectivity index (χ4v) is 4.26. The van der Waals surface area contributed by atoms with Crippen LogP contribution in [-0.4, -0.2) is 30.8 Å². The normalized spacial score (nSPS) is 11.2. The predicted molar refractivity (Wildman–Crippen MR) is 128 cm³/mol. The van der Waals surface area contributed by atoms with E-state index in [1.807, 2.05) is 12.1 Å². The van der Waals surface area contributed by atoms with Crippen LogP contribution in [0, 0.1) is 11.3 Å². The molecule has 1 amide bonds. The van der Waals surface area contributed by atoms with E-state index in [9.17, 15) is 13.2 Å². The van der Waals surface area contributed by atoms with Crippen LogP contribution in [0.4, 0.5) is 5.69 Å². The summed E-state index contributed by atoms with van der Waals surface area (Å²) < 4.78 is 27.7. The fraction of sp³-hybridized carbons (Fsp3) is 0.125. The Kier molecular flexibility index (Phi) is 8.19. The van der Waals surface area contributed by atoms with Gasteiger partial charge in [-0.1, -0.05) is 41.9 Å². The number of aromatic nitrogens is 1. The SMILES string of the molecule is N#CCCN(Cc1cccnc1)C(=O)C=Cc1ccc(S(=O)(=O)Nc2ccccc2Cl)cc1. The Morgan fingerprint density at radius 2 is 1.88 bits per heavy atom. The van der Waals surface area contributed by atoms with Gasteiger partial charge in [0.15, 0.2) is 0 Å². The van der Waals surface area contributed by atoms with Crippen molar-refractivity contribution in [2.24, 2.45) is 0 Å². The molecule has 2 aromatic carbocycles. The number of sulfonamides is 1. The predicted octanol–water partition coefficient (Wildman–Crippen LogP) is 4.49. The first-order valence-electron chi connectivity index (χ1n) is 9.99.